The van der Waals surface area contributed by atoms with Gasteiger partial charge in [-0.1, -0.05) is 0 Å². The highest BCUT2D eigenvalue weighted by atomic mass is 16.6. The fourth-order valence-corrected chi connectivity index (χ4v) is 3.26. The number of hydrogen-bond donors (Lipinski definition) is 0. The molecule has 3 heteroatoms. The molecule has 0 saturated carbocycles. The molecule has 2 rings (SSSR count). The van der Waals surface area contributed by atoms with E-state index in [1.54, 1.807) is 0 Å². The maximum Gasteiger partial charge on any atom is 0.108 e. The van der Waals surface area contributed by atoms with Crippen molar-refractivity contribution in [2.75, 3.05) is 7.05 Å². The van der Waals surface area contributed by atoms with E-state index in [-0.39, 0.29) is 17.9 Å². The molecular weight excluding hydrogens is 178 g/mol. The molecular formula is C11H21NO2. The molecule has 0 radical (unpaired) electrons. The predicted octanol–water partition coefficient (Wildman–Crippen LogP) is 1.62. The first kappa shape index (κ1) is 10.4. The Morgan fingerprint density at radius 2 is 1.93 bits per heavy atom. The minimum atomic E-state index is -0.0226. The van der Waals surface area contributed by atoms with Crippen LogP contribution in [0.1, 0.15) is 34.1 Å². The van der Waals surface area contributed by atoms with Gasteiger partial charge in [0.05, 0.1) is 23.9 Å². The summed E-state index contributed by atoms with van der Waals surface area (Å²) in [5, 5.41) is 0. The summed E-state index contributed by atoms with van der Waals surface area (Å²) in [6.07, 6.45) is 1.78. The Hall–Kier alpha value is -0.120. The molecule has 2 saturated heterocycles. The highest BCUT2D eigenvalue weighted by Gasteiger charge is 2.53. The standard InChI is InChI=1S/C11H21NO2/c1-7-6-11(4)10(8(2)13-7)12(5)9(3)14-11/h7-10H,6H2,1-5H3/t7-,8+,9?,10-,11+/m1/s1. The van der Waals surface area contributed by atoms with Crippen molar-refractivity contribution in [2.45, 2.75) is 64.2 Å². The lowest BCUT2D eigenvalue weighted by Crippen LogP contribution is -2.56. The Kier molecular flexibility index (Phi) is 2.37. The van der Waals surface area contributed by atoms with Crippen molar-refractivity contribution in [1.29, 1.82) is 0 Å². The monoisotopic (exact) mass is 199 g/mol. The van der Waals surface area contributed by atoms with Crippen molar-refractivity contribution in [2.24, 2.45) is 0 Å². The number of hydrogen-bond acceptors (Lipinski definition) is 3. The summed E-state index contributed by atoms with van der Waals surface area (Å²) in [6, 6.07) is 0.397. The van der Waals surface area contributed by atoms with Crippen LogP contribution in [0.2, 0.25) is 0 Å². The smallest absolute Gasteiger partial charge is 0.108 e. The molecule has 82 valence electrons. The van der Waals surface area contributed by atoms with Gasteiger partial charge in [0, 0.05) is 6.42 Å². The van der Waals surface area contributed by atoms with E-state index >= 15 is 0 Å². The van der Waals surface area contributed by atoms with Gasteiger partial charge in [-0.25, -0.2) is 0 Å². The average Bonchev–Trinajstić information content (AvgIpc) is 2.21. The summed E-state index contributed by atoms with van der Waals surface area (Å²) in [7, 11) is 2.12. The Morgan fingerprint density at radius 1 is 1.29 bits per heavy atom. The third-order valence-corrected chi connectivity index (χ3v) is 3.66. The molecule has 5 atom stereocenters. The van der Waals surface area contributed by atoms with Crippen molar-refractivity contribution in [3.63, 3.8) is 0 Å². The van der Waals surface area contributed by atoms with Gasteiger partial charge in [0.2, 0.25) is 0 Å². The van der Waals surface area contributed by atoms with E-state index in [9.17, 15) is 0 Å². The van der Waals surface area contributed by atoms with E-state index in [1.807, 2.05) is 0 Å². The molecule has 0 aromatic rings. The Labute approximate surface area is 86.4 Å². The summed E-state index contributed by atoms with van der Waals surface area (Å²) in [5.74, 6) is 0. The summed E-state index contributed by atoms with van der Waals surface area (Å²) in [6.45, 7) is 8.61. The van der Waals surface area contributed by atoms with Crippen LogP contribution in [0.25, 0.3) is 0 Å². The van der Waals surface area contributed by atoms with E-state index in [0.717, 1.165) is 6.42 Å². The molecule has 2 fully saturated rings. The molecule has 0 amide bonds. The summed E-state index contributed by atoms with van der Waals surface area (Å²) in [4.78, 5) is 2.29. The lowest BCUT2D eigenvalue weighted by atomic mass is 9.84. The minimum absolute atomic E-state index is 0.0226. The predicted molar refractivity (Wildman–Crippen MR) is 55.1 cm³/mol. The van der Waals surface area contributed by atoms with Gasteiger partial charge in [-0.05, 0) is 34.7 Å². The molecule has 0 aliphatic carbocycles. The van der Waals surface area contributed by atoms with E-state index in [1.165, 1.54) is 0 Å². The van der Waals surface area contributed by atoms with E-state index in [4.69, 9.17) is 9.47 Å². The van der Waals surface area contributed by atoms with Crippen molar-refractivity contribution in [3.8, 4) is 0 Å². The number of rotatable bonds is 0. The SMILES string of the molecule is CC1O[C@@]2(C)C[C@@H](C)O[C@@H](C)[C@H]2N1C. The second kappa shape index (κ2) is 3.19. The van der Waals surface area contributed by atoms with Gasteiger partial charge in [-0.3, -0.25) is 4.90 Å². The van der Waals surface area contributed by atoms with Gasteiger partial charge in [0.1, 0.15) is 6.23 Å². The zero-order valence-electron chi connectivity index (χ0n) is 9.78. The molecule has 2 heterocycles. The maximum atomic E-state index is 6.05. The van der Waals surface area contributed by atoms with Gasteiger partial charge in [-0.2, -0.15) is 0 Å². The molecule has 1 unspecified atom stereocenters. The second-order valence-corrected chi connectivity index (χ2v) is 5.00. The maximum absolute atomic E-state index is 6.05. The fourth-order valence-electron chi connectivity index (χ4n) is 3.26. The molecule has 14 heavy (non-hydrogen) atoms. The third kappa shape index (κ3) is 1.38. The molecule has 0 aromatic carbocycles. The largest absolute Gasteiger partial charge is 0.374 e. The van der Waals surface area contributed by atoms with Crippen LogP contribution < -0.4 is 0 Å². The van der Waals surface area contributed by atoms with Crippen molar-refractivity contribution in [3.05, 3.63) is 0 Å². The first-order valence-corrected chi connectivity index (χ1v) is 5.49. The minimum Gasteiger partial charge on any atom is -0.374 e. The average molecular weight is 199 g/mol. The number of ether oxygens (including phenoxy) is 2. The third-order valence-electron chi connectivity index (χ3n) is 3.66. The molecule has 0 bridgehead atoms. The number of fused-ring (bicyclic) bond motifs is 1. The molecule has 0 N–H and O–H groups in total. The lowest BCUT2D eigenvalue weighted by Gasteiger charge is -2.43. The van der Waals surface area contributed by atoms with Crippen LogP contribution in [0.3, 0.4) is 0 Å². The molecule has 0 aromatic heterocycles. The van der Waals surface area contributed by atoms with Crippen LogP contribution in [0.15, 0.2) is 0 Å². The van der Waals surface area contributed by atoms with Crippen molar-refractivity contribution in [1.82, 2.24) is 4.90 Å². The summed E-state index contributed by atoms with van der Waals surface area (Å²) < 4.78 is 11.9. The van der Waals surface area contributed by atoms with Crippen LogP contribution in [-0.2, 0) is 9.47 Å². The van der Waals surface area contributed by atoms with E-state index < -0.39 is 0 Å². The van der Waals surface area contributed by atoms with Crippen LogP contribution in [0.4, 0.5) is 0 Å². The van der Waals surface area contributed by atoms with E-state index in [2.05, 4.69) is 39.6 Å². The summed E-state index contributed by atoms with van der Waals surface area (Å²) in [5.41, 5.74) is -0.0226. The first-order valence-electron chi connectivity index (χ1n) is 5.49. The highest BCUT2D eigenvalue weighted by Crippen LogP contribution is 2.41. The van der Waals surface area contributed by atoms with Crippen LogP contribution in [0, 0.1) is 0 Å². The number of likely N-dealkylation sites (N-methyl/N-ethyl adjacent to an activating group) is 1. The molecule has 3 nitrogen and oxygen atoms in total. The molecule has 2 aliphatic rings. The van der Waals surface area contributed by atoms with Gasteiger partial charge < -0.3 is 9.47 Å². The topological polar surface area (TPSA) is 21.7 Å². The van der Waals surface area contributed by atoms with Crippen LogP contribution in [-0.4, -0.2) is 42.0 Å². The van der Waals surface area contributed by atoms with Crippen molar-refractivity contribution >= 4 is 0 Å². The Balaban J connectivity index is 2.25. The van der Waals surface area contributed by atoms with Gasteiger partial charge in [0.25, 0.3) is 0 Å². The second-order valence-electron chi connectivity index (χ2n) is 5.00. The normalized spacial score (nSPS) is 54.6. The Bertz CT molecular complexity index is 229. The summed E-state index contributed by atoms with van der Waals surface area (Å²) >= 11 is 0. The quantitative estimate of drug-likeness (QED) is 0.592. The first-order chi connectivity index (χ1) is 6.44. The van der Waals surface area contributed by atoms with E-state index in [0.29, 0.717) is 12.1 Å². The zero-order chi connectivity index (χ0) is 10.5. The lowest BCUT2D eigenvalue weighted by molar-refractivity contribution is -0.139. The van der Waals surface area contributed by atoms with Gasteiger partial charge >= 0.3 is 0 Å². The fraction of sp³-hybridized carbons (Fsp3) is 1.00. The highest BCUT2D eigenvalue weighted by molar-refractivity contribution is 5.03. The van der Waals surface area contributed by atoms with Gasteiger partial charge in [0.15, 0.2) is 0 Å². The van der Waals surface area contributed by atoms with Crippen molar-refractivity contribution < 1.29 is 9.47 Å². The van der Waals surface area contributed by atoms with Crippen LogP contribution >= 0.6 is 0 Å². The zero-order valence-corrected chi connectivity index (χ0v) is 9.78. The number of nitrogens with zero attached hydrogens (tertiary/aromatic N) is 1. The molecule has 2 aliphatic heterocycles. The van der Waals surface area contributed by atoms with Gasteiger partial charge in [-0.15, -0.1) is 0 Å². The molecule has 0 spiro atoms. The van der Waals surface area contributed by atoms with Crippen LogP contribution in [0.5, 0.6) is 0 Å². The Morgan fingerprint density at radius 3 is 2.57 bits per heavy atom.